The Kier molecular flexibility index (Phi) is 5.70. The molecule has 0 radical (unpaired) electrons. The van der Waals surface area contributed by atoms with Gasteiger partial charge in [-0.2, -0.15) is 0 Å². The van der Waals surface area contributed by atoms with E-state index in [0.29, 0.717) is 29.7 Å². The molecule has 29 heavy (non-hydrogen) atoms. The lowest BCUT2D eigenvalue weighted by Gasteiger charge is -2.32. The summed E-state index contributed by atoms with van der Waals surface area (Å²) in [5, 5.41) is 17.2. The highest BCUT2D eigenvalue weighted by atomic mass is 32.1. The Bertz CT molecular complexity index is 894. The smallest absolute Gasteiger partial charge is 0.218 e. The Labute approximate surface area is 174 Å². The van der Waals surface area contributed by atoms with E-state index < -0.39 is 11.8 Å². The van der Waals surface area contributed by atoms with Crippen LogP contribution in [0.25, 0.3) is 10.2 Å². The summed E-state index contributed by atoms with van der Waals surface area (Å²) in [7, 11) is 0. The van der Waals surface area contributed by atoms with E-state index in [1.807, 2.05) is 24.3 Å². The number of amidine groups is 1. The molecule has 0 spiro atoms. The fourth-order valence-corrected chi connectivity index (χ4v) is 5.29. The number of hydrogen-bond acceptors (Lipinski definition) is 8. The van der Waals surface area contributed by atoms with E-state index in [4.69, 9.17) is 5.73 Å². The lowest BCUT2D eigenvalue weighted by molar-refractivity contribution is 0.0735. The van der Waals surface area contributed by atoms with Gasteiger partial charge in [0.25, 0.3) is 0 Å². The highest BCUT2D eigenvalue weighted by Gasteiger charge is 2.48. The van der Waals surface area contributed by atoms with Crippen LogP contribution in [-0.4, -0.2) is 52.6 Å². The van der Waals surface area contributed by atoms with Gasteiger partial charge in [-0.05, 0) is 43.9 Å². The van der Waals surface area contributed by atoms with Crippen molar-refractivity contribution in [2.75, 3.05) is 13.1 Å². The normalized spacial score (nSPS) is 28.0. The number of aromatic nitrogens is 1. The van der Waals surface area contributed by atoms with Crippen LogP contribution in [0.4, 0.5) is 0 Å². The molecular weight excluding hydrogens is 386 g/mol. The Morgan fingerprint density at radius 1 is 1.41 bits per heavy atom. The number of aliphatic hydroxyl groups is 1. The van der Waals surface area contributed by atoms with Crippen molar-refractivity contribution in [1.29, 1.82) is 0 Å². The van der Waals surface area contributed by atoms with Gasteiger partial charge < -0.3 is 16.2 Å². The second kappa shape index (κ2) is 8.10. The topological polar surface area (TPSA) is 113 Å². The van der Waals surface area contributed by atoms with Crippen molar-refractivity contribution in [1.82, 2.24) is 15.6 Å². The maximum Gasteiger partial charge on any atom is 0.218 e. The number of fused-ring (bicyclic) bond motifs is 1. The van der Waals surface area contributed by atoms with Crippen molar-refractivity contribution < 1.29 is 9.90 Å². The van der Waals surface area contributed by atoms with Gasteiger partial charge in [-0.15, -0.1) is 11.3 Å². The number of para-hydroxylation sites is 1. The predicted molar refractivity (Wildman–Crippen MR) is 116 cm³/mol. The first kappa shape index (κ1) is 20.4. The molecule has 3 heterocycles. The average Bonchev–Trinajstić information content (AvgIpc) is 3.40. The van der Waals surface area contributed by atoms with Gasteiger partial charge in [0.2, 0.25) is 5.78 Å². The van der Waals surface area contributed by atoms with Crippen molar-refractivity contribution in [3.8, 4) is 0 Å². The zero-order valence-electron chi connectivity index (χ0n) is 16.9. The Morgan fingerprint density at radius 2 is 2.21 bits per heavy atom. The molecule has 0 aliphatic carbocycles. The van der Waals surface area contributed by atoms with Crippen molar-refractivity contribution in [3.05, 3.63) is 29.3 Å². The molecule has 2 aromatic rings. The molecule has 7 nitrogen and oxygen atoms in total. The van der Waals surface area contributed by atoms with Crippen LogP contribution in [0.5, 0.6) is 0 Å². The maximum atomic E-state index is 13.7. The molecule has 2 aliphatic heterocycles. The summed E-state index contributed by atoms with van der Waals surface area (Å²) in [4.78, 5) is 22.9. The number of thiazole rings is 1. The Morgan fingerprint density at radius 3 is 2.90 bits per heavy atom. The highest BCUT2D eigenvalue weighted by molar-refractivity contribution is 7.20. The van der Waals surface area contributed by atoms with Gasteiger partial charge in [-0.25, -0.2) is 4.98 Å². The molecule has 2 aliphatic rings. The molecule has 4 rings (SSSR count). The van der Waals surface area contributed by atoms with Crippen molar-refractivity contribution in [2.45, 2.75) is 50.9 Å². The zero-order chi connectivity index (χ0) is 20.6. The summed E-state index contributed by atoms with van der Waals surface area (Å²) in [5.41, 5.74) is 6.28. The molecule has 5 N–H and O–H groups in total. The number of ketones is 1. The number of carbonyl (C=O) groups is 1. The van der Waals surface area contributed by atoms with E-state index in [1.165, 1.54) is 11.3 Å². The first-order chi connectivity index (χ1) is 13.9. The van der Waals surface area contributed by atoms with Crippen LogP contribution < -0.4 is 16.4 Å². The SMILES string of the molecule is CC(C)CC(N)C1=NCC(CC2CCNC2O)(C(=O)c2nc3ccccc3s2)N1. The van der Waals surface area contributed by atoms with Crippen LogP contribution in [0.1, 0.15) is 42.9 Å². The quantitative estimate of drug-likeness (QED) is 0.514. The molecule has 0 amide bonds. The van der Waals surface area contributed by atoms with E-state index in [2.05, 4.69) is 34.5 Å². The molecule has 0 bridgehead atoms. The van der Waals surface area contributed by atoms with Crippen LogP contribution in [0.2, 0.25) is 0 Å². The van der Waals surface area contributed by atoms with Gasteiger partial charge in [0.15, 0.2) is 5.01 Å². The molecule has 0 saturated carbocycles. The standard InChI is InChI=1S/C21H29N5O2S/c1-12(2)9-14(22)18-24-11-21(26-18,10-13-7-8-23-19(13)28)17(27)20-25-15-5-3-4-6-16(15)29-20/h3-6,12-14,19,23,28H,7-11,22H2,1-2H3,(H,24,26). The molecule has 8 heteroatoms. The van der Waals surface area contributed by atoms with Gasteiger partial charge in [0.05, 0.1) is 22.8 Å². The monoisotopic (exact) mass is 415 g/mol. The number of aliphatic imine (C=N–C) groups is 1. The minimum Gasteiger partial charge on any atom is -0.378 e. The average molecular weight is 416 g/mol. The van der Waals surface area contributed by atoms with E-state index >= 15 is 0 Å². The van der Waals surface area contributed by atoms with E-state index in [1.54, 1.807) is 0 Å². The minimum atomic E-state index is -0.907. The van der Waals surface area contributed by atoms with Crippen LogP contribution >= 0.6 is 11.3 Å². The summed E-state index contributed by atoms with van der Waals surface area (Å²) in [6, 6.07) is 7.54. The van der Waals surface area contributed by atoms with Crippen LogP contribution in [0, 0.1) is 11.8 Å². The number of nitrogens with one attached hydrogen (secondary N) is 2. The number of rotatable bonds is 7. The molecule has 1 aromatic heterocycles. The van der Waals surface area contributed by atoms with Gasteiger partial charge in [0.1, 0.15) is 17.6 Å². The fraction of sp³-hybridized carbons (Fsp3) is 0.571. The number of hydrogen-bond donors (Lipinski definition) is 4. The van der Waals surface area contributed by atoms with Gasteiger partial charge in [-0.3, -0.25) is 15.1 Å². The number of aliphatic hydroxyl groups excluding tert-OH is 1. The summed E-state index contributed by atoms with van der Waals surface area (Å²) >= 11 is 1.41. The first-order valence-electron chi connectivity index (χ1n) is 10.3. The summed E-state index contributed by atoms with van der Waals surface area (Å²) in [6.07, 6.45) is 1.51. The van der Waals surface area contributed by atoms with E-state index in [-0.39, 0.29) is 17.7 Å². The molecule has 1 fully saturated rings. The molecule has 4 unspecified atom stereocenters. The summed E-state index contributed by atoms with van der Waals surface area (Å²) < 4.78 is 0.990. The van der Waals surface area contributed by atoms with Gasteiger partial charge >= 0.3 is 0 Å². The molecular formula is C21H29N5O2S. The molecule has 156 valence electrons. The third-order valence-corrected chi connectivity index (χ3v) is 6.85. The first-order valence-corrected chi connectivity index (χ1v) is 11.1. The van der Waals surface area contributed by atoms with Crippen molar-refractivity contribution in [2.24, 2.45) is 22.6 Å². The number of nitrogens with two attached hydrogens (primary N) is 1. The Balaban J connectivity index is 1.62. The van der Waals surface area contributed by atoms with Crippen LogP contribution in [0.15, 0.2) is 29.3 Å². The summed E-state index contributed by atoms with van der Waals surface area (Å²) in [5.74, 6) is 1.05. The van der Waals surface area contributed by atoms with E-state index in [9.17, 15) is 9.90 Å². The third kappa shape index (κ3) is 4.07. The van der Waals surface area contributed by atoms with Crippen molar-refractivity contribution in [3.63, 3.8) is 0 Å². The predicted octanol–water partition coefficient (Wildman–Crippen LogP) is 1.91. The summed E-state index contributed by atoms with van der Waals surface area (Å²) in [6.45, 7) is 5.31. The lowest BCUT2D eigenvalue weighted by Crippen LogP contribution is -2.57. The highest BCUT2D eigenvalue weighted by Crippen LogP contribution is 2.33. The van der Waals surface area contributed by atoms with Crippen LogP contribution in [-0.2, 0) is 0 Å². The maximum absolute atomic E-state index is 13.7. The molecule has 1 aromatic carbocycles. The fourth-order valence-electron chi connectivity index (χ4n) is 4.29. The number of Topliss-reactive ketones (excluding diaryl/α,β-unsaturated/α-hetero) is 1. The van der Waals surface area contributed by atoms with E-state index in [0.717, 1.165) is 29.6 Å². The Hall–Kier alpha value is -1.87. The molecule has 1 saturated heterocycles. The second-order valence-electron chi connectivity index (χ2n) is 8.61. The lowest BCUT2D eigenvalue weighted by atomic mass is 9.83. The molecule has 4 atom stereocenters. The van der Waals surface area contributed by atoms with Crippen LogP contribution in [0.3, 0.4) is 0 Å². The largest absolute Gasteiger partial charge is 0.378 e. The number of benzene rings is 1. The van der Waals surface area contributed by atoms with Crippen molar-refractivity contribution >= 4 is 33.2 Å². The number of carbonyl (C=O) groups excluding carboxylic acids is 1. The third-order valence-electron chi connectivity index (χ3n) is 5.81. The zero-order valence-corrected chi connectivity index (χ0v) is 17.7. The van der Waals surface area contributed by atoms with Gasteiger partial charge in [-0.1, -0.05) is 26.0 Å². The number of nitrogens with zero attached hydrogens (tertiary/aromatic N) is 2. The minimum absolute atomic E-state index is 0.0169. The van der Waals surface area contributed by atoms with Gasteiger partial charge in [0, 0.05) is 5.92 Å². The second-order valence-corrected chi connectivity index (χ2v) is 9.64.